The smallest absolute Gasteiger partial charge is 0.234 e. The molecule has 0 aliphatic carbocycles. The summed E-state index contributed by atoms with van der Waals surface area (Å²) in [6.07, 6.45) is 0. The maximum atomic E-state index is 11.9. The maximum absolute atomic E-state index is 11.9. The number of nitrogens with one attached hydrogen (secondary N) is 1. The number of aromatic nitrogens is 3. The van der Waals surface area contributed by atoms with Crippen LogP contribution in [-0.2, 0) is 4.79 Å². The van der Waals surface area contributed by atoms with Crippen molar-refractivity contribution in [3.05, 3.63) is 35.2 Å². The first-order valence-electron chi connectivity index (χ1n) is 6.14. The zero-order chi connectivity index (χ0) is 14.7. The van der Waals surface area contributed by atoms with Gasteiger partial charge >= 0.3 is 0 Å². The number of benzene rings is 1. The van der Waals surface area contributed by atoms with Crippen molar-refractivity contribution in [1.82, 2.24) is 14.9 Å². The lowest BCUT2D eigenvalue weighted by molar-refractivity contribution is -0.113. The standard InChI is InChI=1S/C13H17N5OS/c1-8-4-5-11(6-9(8)2)15-12(19)7-20-13-17-16-10(3)18(13)14/h4-6H,7,14H2,1-3H3,(H,15,19). The topological polar surface area (TPSA) is 85.8 Å². The first kappa shape index (κ1) is 14.4. The van der Waals surface area contributed by atoms with E-state index in [-0.39, 0.29) is 11.7 Å². The third kappa shape index (κ3) is 3.30. The van der Waals surface area contributed by atoms with Crippen LogP contribution >= 0.6 is 11.8 Å². The molecule has 1 amide bonds. The molecule has 3 N–H and O–H groups in total. The van der Waals surface area contributed by atoms with E-state index < -0.39 is 0 Å². The maximum Gasteiger partial charge on any atom is 0.234 e. The van der Waals surface area contributed by atoms with Crippen LogP contribution < -0.4 is 11.2 Å². The van der Waals surface area contributed by atoms with Gasteiger partial charge in [0.15, 0.2) is 0 Å². The van der Waals surface area contributed by atoms with Crippen LogP contribution in [-0.4, -0.2) is 26.5 Å². The lowest BCUT2D eigenvalue weighted by atomic mass is 10.1. The molecule has 106 valence electrons. The van der Waals surface area contributed by atoms with Crippen LogP contribution in [0.15, 0.2) is 23.4 Å². The zero-order valence-electron chi connectivity index (χ0n) is 11.7. The van der Waals surface area contributed by atoms with Crippen LogP contribution in [0.1, 0.15) is 17.0 Å². The summed E-state index contributed by atoms with van der Waals surface area (Å²) in [4.78, 5) is 11.9. The molecular formula is C13H17N5OS. The van der Waals surface area contributed by atoms with Crippen LogP contribution in [0, 0.1) is 20.8 Å². The van der Waals surface area contributed by atoms with Gasteiger partial charge in [0.05, 0.1) is 5.75 Å². The molecule has 1 aromatic heterocycles. The van der Waals surface area contributed by atoms with E-state index in [0.717, 1.165) is 11.3 Å². The van der Waals surface area contributed by atoms with Crippen molar-refractivity contribution in [2.45, 2.75) is 25.9 Å². The molecule has 1 aromatic carbocycles. The monoisotopic (exact) mass is 291 g/mol. The minimum atomic E-state index is -0.0982. The van der Waals surface area contributed by atoms with E-state index in [4.69, 9.17) is 5.84 Å². The molecule has 2 aromatic rings. The fourth-order valence-corrected chi connectivity index (χ4v) is 2.30. The Bertz CT molecular complexity index is 638. The first-order chi connectivity index (χ1) is 9.47. The Hall–Kier alpha value is -2.02. The van der Waals surface area contributed by atoms with Crippen LogP contribution in [0.4, 0.5) is 5.69 Å². The summed E-state index contributed by atoms with van der Waals surface area (Å²) in [5, 5.41) is 11.1. The fourth-order valence-electron chi connectivity index (χ4n) is 1.59. The third-order valence-corrected chi connectivity index (χ3v) is 3.90. The summed E-state index contributed by atoms with van der Waals surface area (Å²) in [6, 6.07) is 5.83. The first-order valence-corrected chi connectivity index (χ1v) is 7.13. The Morgan fingerprint density at radius 3 is 2.65 bits per heavy atom. The van der Waals surface area contributed by atoms with Gasteiger partial charge in [-0.1, -0.05) is 17.8 Å². The molecule has 0 spiro atoms. The Morgan fingerprint density at radius 1 is 1.30 bits per heavy atom. The fraction of sp³-hybridized carbons (Fsp3) is 0.308. The van der Waals surface area contributed by atoms with E-state index in [1.54, 1.807) is 6.92 Å². The molecular weight excluding hydrogens is 274 g/mol. The number of amides is 1. The summed E-state index contributed by atoms with van der Waals surface area (Å²) in [6.45, 7) is 5.80. The van der Waals surface area contributed by atoms with Gasteiger partial charge in [0.2, 0.25) is 11.1 Å². The summed E-state index contributed by atoms with van der Waals surface area (Å²) in [5.74, 6) is 6.47. The molecule has 0 aliphatic rings. The predicted octanol–water partition coefficient (Wildman–Crippen LogP) is 1.65. The van der Waals surface area contributed by atoms with Gasteiger partial charge in [-0.25, -0.2) is 4.68 Å². The van der Waals surface area contributed by atoms with Gasteiger partial charge in [-0.3, -0.25) is 4.79 Å². The Labute approximate surface area is 121 Å². The minimum Gasteiger partial charge on any atom is -0.336 e. The molecule has 6 nitrogen and oxygen atoms in total. The summed E-state index contributed by atoms with van der Waals surface area (Å²) in [5.41, 5.74) is 3.14. The summed E-state index contributed by atoms with van der Waals surface area (Å²) in [7, 11) is 0. The normalized spacial score (nSPS) is 10.6. The van der Waals surface area contributed by atoms with E-state index in [9.17, 15) is 4.79 Å². The van der Waals surface area contributed by atoms with Crippen molar-refractivity contribution in [1.29, 1.82) is 0 Å². The van der Waals surface area contributed by atoms with Gasteiger partial charge < -0.3 is 11.2 Å². The number of rotatable bonds is 4. The van der Waals surface area contributed by atoms with Crippen LogP contribution in [0.3, 0.4) is 0 Å². The number of hydrogen-bond acceptors (Lipinski definition) is 5. The molecule has 7 heteroatoms. The van der Waals surface area contributed by atoms with Gasteiger partial charge in [-0.2, -0.15) is 0 Å². The van der Waals surface area contributed by atoms with Crippen molar-refractivity contribution < 1.29 is 4.79 Å². The molecule has 20 heavy (non-hydrogen) atoms. The number of nitrogens with two attached hydrogens (primary N) is 1. The molecule has 2 rings (SSSR count). The zero-order valence-corrected chi connectivity index (χ0v) is 12.5. The molecule has 0 unspecified atom stereocenters. The lowest BCUT2D eigenvalue weighted by Crippen LogP contribution is -2.16. The van der Waals surface area contributed by atoms with Crippen LogP contribution in [0.2, 0.25) is 0 Å². The second-order valence-corrected chi connectivity index (χ2v) is 5.48. The largest absolute Gasteiger partial charge is 0.336 e. The second kappa shape index (κ2) is 5.96. The van der Waals surface area contributed by atoms with E-state index in [0.29, 0.717) is 11.0 Å². The molecule has 0 saturated carbocycles. The molecule has 0 atom stereocenters. The van der Waals surface area contributed by atoms with Crippen LogP contribution in [0.5, 0.6) is 0 Å². The van der Waals surface area contributed by atoms with Gasteiger partial charge in [0.25, 0.3) is 0 Å². The average molecular weight is 291 g/mol. The predicted molar refractivity (Wildman–Crippen MR) is 80.2 cm³/mol. The molecule has 0 bridgehead atoms. The van der Waals surface area contributed by atoms with Crippen molar-refractivity contribution >= 4 is 23.4 Å². The summed E-state index contributed by atoms with van der Waals surface area (Å²) < 4.78 is 1.37. The number of nitrogens with zero attached hydrogens (tertiary/aromatic N) is 3. The van der Waals surface area contributed by atoms with E-state index in [2.05, 4.69) is 15.5 Å². The van der Waals surface area contributed by atoms with E-state index in [1.165, 1.54) is 22.0 Å². The second-order valence-electron chi connectivity index (χ2n) is 4.54. The van der Waals surface area contributed by atoms with Crippen molar-refractivity contribution in [3.63, 3.8) is 0 Å². The highest BCUT2D eigenvalue weighted by Crippen LogP contribution is 2.17. The molecule has 0 fully saturated rings. The SMILES string of the molecule is Cc1ccc(NC(=O)CSc2nnc(C)n2N)cc1C. The number of aryl methyl sites for hydroxylation is 3. The highest BCUT2D eigenvalue weighted by atomic mass is 32.2. The number of nitrogen functional groups attached to an aromatic ring is 1. The molecule has 1 heterocycles. The van der Waals surface area contributed by atoms with Crippen molar-refractivity contribution in [2.24, 2.45) is 0 Å². The molecule has 0 radical (unpaired) electrons. The Kier molecular flexibility index (Phi) is 4.29. The number of thioether (sulfide) groups is 1. The van der Waals surface area contributed by atoms with Gasteiger partial charge in [-0.15, -0.1) is 10.2 Å². The Morgan fingerprint density at radius 2 is 2.05 bits per heavy atom. The minimum absolute atomic E-state index is 0.0982. The van der Waals surface area contributed by atoms with Gasteiger partial charge in [-0.05, 0) is 44.0 Å². The van der Waals surface area contributed by atoms with E-state index >= 15 is 0 Å². The third-order valence-electron chi connectivity index (χ3n) is 2.96. The Balaban J connectivity index is 1.92. The van der Waals surface area contributed by atoms with E-state index in [1.807, 2.05) is 32.0 Å². The number of carbonyl (C=O) groups is 1. The van der Waals surface area contributed by atoms with Crippen molar-refractivity contribution in [2.75, 3.05) is 16.9 Å². The number of hydrogen-bond donors (Lipinski definition) is 2. The quantitative estimate of drug-likeness (QED) is 0.661. The van der Waals surface area contributed by atoms with Gasteiger partial charge in [0.1, 0.15) is 5.82 Å². The van der Waals surface area contributed by atoms with Crippen LogP contribution in [0.25, 0.3) is 0 Å². The molecule has 0 saturated heterocycles. The van der Waals surface area contributed by atoms with Crippen molar-refractivity contribution in [3.8, 4) is 0 Å². The average Bonchev–Trinajstić information content (AvgIpc) is 2.72. The molecule has 0 aliphatic heterocycles. The lowest BCUT2D eigenvalue weighted by Gasteiger charge is -2.07. The number of anilines is 1. The summed E-state index contributed by atoms with van der Waals surface area (Å²) >= 11 is 1.25. The number of carbonyl (C=O) groups excluding carboxylic acids is 1. The highest BCUT2D eigenvalue weighted by molar-refractivity contribution is 7.99. The van der Waals surface area contributed by atoms with Gasteiger partial charge in [0, 0.05) is 5.69 Å². The highest BCUT2D eigenvalue weighted by Gasteiger charge is 2.10.